The highest BCUT2D eigenvalue weighted by Gasteiger charge is 2.14. The molecule has 0 fully saturated rings. The number of hydrogen-bond donors (Lipinski definition) is 2. The van der Waals surface area contributed by atoms with Crippen molar-refractivity contribution in [3.8, 4) is 5.75 Å². The Morgan fingerprint density at radius 2 is 1.71 bits per heavy atom. The average molecular weight is 322 g/mol. The van der Waals surface area contributed by atoms with E-state index in [1.807, 2.05) is 61.5 Å². The van der Waals surface area contributed by atoms with Gasteiger partial charge in [-0.2, -0.15) is 0 Å². The van der Waals surface area contributed by atoms with E-state index < -0.39 is 5.97 Å². The molecule has 0 spiro atoms. The van der Waals surface area contributed by atoms with Gasteiger partial charge in [0.1, 0.15) is 5.75 Å². The Balaban J connectivity index is 2.29. The Bertz CT molecular complexity index is 743. The predicted molar refractivity (Wildman–Crippen MR) is 96.0 cm³/mol. The van der Waals surface area contributed by atoms with Crippen molar-refractivity contribution in [3.63, 3.8) is 0 Å². The van der Waals surface area contributed by atoms with Crippen molar-refractivity contribution >= 4 is 5.97 Å². The maximum Gasteiger partial charge on any atom is 0.331 e. The van der Waals surface area contributed by atoms with Gasteiger partial charge in [0, 0.05) is 12.0 Å². The first-order valence-corrected chi connectivity index (χ1v) is 8.00. The summed E-state index contributed by atoms with van der Waals surface area (Å²) >= 11 is 0. The molecule has 2 aromatic rings. The third-order valence-electron chi connectivity index (χ3n) is 3.89. The Kier molecular flexibility index (Phi) is 6.38. The summed E-state index contributed by atoms with van der Waals surface area (Å²) in [4.78, 5) is 11.8. The number of hydrogen-bond acceptors (Lipinski definition) is 2. The molecule has 0 bridgehead atoms. The van der Waals surface area contributed by atoms with Crippen molar-refractivity contribution in [2.75, 3.05) is 0 Å². The number of carbonyl (C=O) groups is 1. The number of carboxylic acid groups (broad SMARTS) is 1. The maximum atomic E-state index is 11.8. The fourth-order valence-electron chi connectivity index (χ4n) is 2.65. The molecule has 2 aromatic carbocycles. The quantitative estimate of drug-likeness (QED) is 0.582. The van der Waals surface area contributed by atoms with Crippen LogP contribution in [0, 0.1) is 0 Å². The minimum atomic E-state index is -0.908. The average Bonchev–Trinajstić information content (AvgIpc) is 2.58. The first kappa shape index (κ1) is 17.5. The van der Waals surface area contributed by atoms with Crippen LogP contribution in [-0.2, 0) is 17.6 Å². The summed E-state index contributed by atoms with van der Waals surface area (Å²) in [6.45, 7) is 1.86. The second kappa shape index (κ2) is 8.73. The lowest BCUT2D eigenvalue weighted by Gasteiger charge is -2.11. The van der Waals surface area contributed by atoms with Gasteiger partial charge in [-0.1, -0.05) is 60.7 Å². The number of allylic oxidation sites excluding steroid dienone is 3. The van der Waals surface area contributed by atoms with Gasteiger partial charge in [-0.05, 0) is 42.5 Å². The second-order valence-electron chi connectivity index (χ2n) is 5.60. The van der Waals surface area contributed by atoms with Crippen LogP contribution in [0.2, 0.25) is 0 Å². The molecule has 0 heterocycles. The zero-order chi connectivity index (χ0) is 17.4. The Morgan fingerprint density at radius 1 is 1.04 bits per heavy atom. The molecular formula is C21H22O3. The lowest BCUT2D eigenvalue weighted by Crippen LogP contribution is -2.07. The molecular weight excluding hydrogens is 300 g/mol. The molecule has 124 valence electrons. The molecule has 0 amide bonds. The SMILES string of the molecule is C/C=C/C(Cc1ccccc1O)=C(\CCc1ccccc1)C(=O)O. The largest absolute Gasteiger partial charge is 0.508 e. The van der Waals surface area contributed by atoms with Crippen LogP contribution in [-0.4, -0.2) is 16.2 Å². The van der Waals surface area contributed by atoms with Crippen LogP contribution in [0.15, 0.2) is 77.9 Å². The number of aromatic hydroxyl groups is 1. The summed E-state index contributed by atoms with van der Waals surface area (Å²) in [5, 5.41) is 19.6. The van der Waals surface area contributed by atoms with Gasteiger partial charge in [0.2, 0.25) is 0 Å². The van der Waals surface area contributed by atoms with E-state index in [-0.39, 0.29) is 5.75 Å². The van der Waals surface area contributed by atoms with Gasteiger partial charge in [-0.25, -0.2) is 4.79 Å². The molecule has 0 saturated heterocycles. The highest BCUT2D eigenvalue weighted by molar-refractivity contribution is 5.88. The molecule has 3 nitrogen and oxygen atoms in total. The molecule has 0 radical (unpaired) electrons. The molecule has 0 aliphatic carbocycles. The number of rotatable bonds is 7. The highest BCUT2D eigenvalue weighted by atomic mass is 16.4. The summed E-state index contributed by atoms with van der Waals surface area (Å²) in [5.74, 6) is -0.721. The predicted octanol–water partition coefficient (Wildman–Crippen LogP) is 4.52. The zero-order valence-corrected chi connectivity index (χ0v) is 13.8. The molecule has 3 heteroatoms. The molecule has 2 N–H and O–H groups in total. The third kappa shape index (κ3) is 4.85. The van der Waals surface area contributed by atoms with Crippen LogP contribution in [0.25, 0.3) is 0 Å². The van der Waals surface area contributed by atoms with Gasteiger partial charge >= 0.3 is 5.97 Å². The standard InChI is InChI=1S/C21H22O3/c1-2-8-17(15-18-11-6-7-12-20(18)22)19(21(23)24)14-13-16-9-4-3-5-10-16/h2-12,22H,13-15H2,1H3,(H,23,24)/b8-2+,19-17-. The molecule has 0 aliphatic rings. The van der Waals surface area contributed by atoms with E-state index in [2.05, 4.69) is 0 Å². The summed E-state index contributed by atoms with van der Waals surface area (Å²) in [6, 6.07) is 16.9. The minimum Gasteiger partial charge on any atom is -0.508 e. The summed E-state index contributed by atoms with van der Waals surface area (Å²) in [7, 11) is 0. The van der Waals surface area contributed by atoms with Gasteiger partial charge in [-0.15, -0.1) is 0 Å². The van der Waals surface area contributed by atoms with Crippen LogP contribution < -0.4 is 0 Å². The summed E-state index contributed by atoms with van der Waals surface area (Å²) in [5.41, 5.74) is 2.95. The van der Waals surface area contributed by atoms with E-state index >= 15 is 0 Å². The number of aryl methyl sites for hydroxylation is 1. The number of benzene rings is 2. The zero-order valence-electron chi connectivity index (χ0n) is 13.8. The number of phenols is 1. The van der Waals surface area contributed by atoms with E-state index in [0.29, 0.717) is 24.8 Å². The fourth-order valence-corrected chi connectivity index (χ4v) is 2.65. The first-order chi connectivity index (χ1) is 11.6. The molecule has 0 aromatic heterocycles. The maximum absolute atomic E-state index is 11.8. The molecule has 0 atom stereocenters. The van der Waals surface area contributed by atoms with Crippen LogP contribution in [0.1, 0.15) is 24.5 Å². The van der Waals surface area contributed by atoms with Gasteiger partial charge in [0.25, 0.3) is 0 Å². The number of para-hydroxylation sites is 1. The number of phenolic OH excluding ortho intramolecular Hbond substituents is 1. The van der Waals surface area contributed by atoms with Crippen LogP contribution in [0.5, 0.6) is 5.75 Å². The van der Waals surface area contributed by atoms with Crippen molar-refractivity contribution in [1.82, 2.24) is 0 Å². The van der Waals surface area contributed by atoms with Gasteiger partial charge in [0.05, 0.1) is 0 Å². The third-order valence-corrected chi connectivity index (χ3v) is 3.89. The van der Waals surface area contributed by atoms with E-state index in [0.717, 1.165) is 16.7 Å². The van der Waals surface area contributed by atoms with Gasteiger partial charge in [0.15, 0.2) is 0 Å². The van der Waals surface area contributed by atoms with E-state index in [1.54, 1.807) is 12.1 Å². The summed E-state index contributed by atoms with van der Waals surface area (Å²) < 4.78 is 0. The van der Waals surface area contributed by atoms with Crippen molar-refractivity contribution in [2.45, 2.75) is 26.2 Å². The molecule has 2 rings (SSSR count). The smallest absolute Gasteiger partial charge is 0.331 e. The lowest BCUT2D eigenvalue weighted by molar-refractivity contribution is -0.132. The number of carboxylic acids is 1. The summed E-state index contributed by atoms with van der Waals surface area (Å²) in [6.07, 6.45) is 5.17. The second-order valence-corrected chi connectivity index (χ2v) is 5.60. The minimum absolute atomic E-state index is 0.187. The number of aliphatic carboxylic acids is 1. The molecule has 0 unspecified atom stereocenters. The van der Waals surface area contributed by atoms with Crippen LogP contribution >= 0.6 is 0 Å². The topological polar surface area (TPSA) is 57.5 Å². The van der Waals surface area contributed by atoms with Crippen molar-refractivity contribution in [2.24, 2.45) is 0 Å². The van der Waals surface area contributed by atoms with E-state index in [9.17, 15) is 15.0 Å². The Hall–Kier alpha value is -2.81. The van der Waals surface area contributed by atoms with Crippen molar-refractivity contribution < 1.29 is 15.0 Å². The molecule has 0 saturated carbocycles. The normalized spacial score (nSPS) is 12.2. The van der Waals surface area contributed by atoms with Crippen molar-refractivity contribution in [1.29, 1.82) is 0 Å². The van der Waals surface area contributed by atoms with Crippen LogP contribution in [0.3, 0.4) is 0 Å². The highest BCUT2D eigenvalue weighted by Crippen LogP contribution is 2.24. The first-order valence-electron chi connectivity index (χ1n) is 8.00. The van der Waals surface area contributed by atoms with Crippen LogP contribution in [0.4, 0.5) is 0 Å². The van der Waals surface area contributed by atoms with Gasteiger partial charge < -0.3 is 10.2 Å². The molecule has 24 heavy (non-hydrogen) atoms. The Labute approximate surface area is 142 Å². The fraction of sp³-hybridized carbons (Fsp3) is 0.190. The van der Waals surface area contributed by atoms with Gasteiger partial charge in [-0.3, -0.25) is 0 Å². The van der Waals surface area contributed by atoms with Crippen molar-refractivity contribution in [3.05, 3.63) is 89.0 Å². The molecule has 0 aliphatic heterocycles. The Morgan fingerprint density at radius 3 is 2.33 bits per heavy atom. The van der Waals surface area contributed by atoms with E-state index in [1.165, 1.54) is 0 Å². The monoisotopic (exact) mass is 322 g/mol. The van der Waals surface area contributed by atoms with E-state index in [4.69, 9.17) is 0 Å². The lowest BCUT2D eigenvalue weighted by atomic mass is 9.94.